The number of likely N-dealkylation sites (N-methyl/N-ethyl adjacent to an activating group) is 1. The molecule has 1 saturated heterocycles. The van der Waals surface area contributed by atoms with E-state index in [-0.39, 0.29) is 17.7 Å². The molecule has 1 aliphatic heterocycles. The molecule has 1 aromatic rings. The molecule has 4 nitrogen and oxygen atoms in total. The van der Waals surface area contributed by atoms with Crippen molar-refractivity contribution < 1.29 is 14.2 Å². The van der Waals surface area contributed by atoms with Crippen molar-refractivity contribution in [1.82, 2.24) is 9.80 Å². The van der Waals surface area contributed by atoms with E-state index in [1.54, 1.807) is 6.07 Å². The van der Waals surface area contributed by atoms with Crippen LogP contribution in [0.3, 0.4) is 0 Å². The van der Waals surface area contributed by atoms with Crippen LogP contribution in [0.2, 0.25) is 0 Å². The Morgan fingerprint density at radius 1 is 1.45 bits per heavy atom. The van der Waals surface area contributed by atoms with Crippen LogP contribution in [0.25, 0.3) is 0 Å². The van der Waals surface area contributed by atoms with Gasteiger partial charge in [0.05, 0.1) is 13.2 Å². The molecule has 0 bridgehead atoms. The summed E-state index contributed by atoms with van der Waals surface area (Å²) >= 11 is 0. The fourth-order valence-corrected chi connectivity index (χ4v) is 2.81. The Labute approximate surface area is 119 Å². The maximum absolute atomic E-state index is 13.7. The van der Waals surface area contributed by atoms with Crippen molar-refractivity contribution >= 4 is 0 Å². The smallest absolute Gasteiger partial charge is 0.165 e. The van der Waals surface area contributed by atoms with Gasteiger partial charge in [0.2, 0.25) is 0 Å². The van der Waals surface area contributed by atoms with Gasteiger partial charge in [-0.15, -0.1) is 0 Å². The third-order valence-corrected chi connectivity index (χ3v) is 3.68. The average Bonchev–Trinajstić information content (AvgIpc) is 2.68. The first-order valence-corrected chi connectivity index (χ1v) is 6.89. The number of halogens is 1. The molecule has 1 N–H and O–H groups in total. The zero-order chi connectivity index (χ0) is 14.7. The standard InChI is InChI=1S/C15H23FN2O2/c1-17(2)9-12-7-13(19)10-18(12)8-11-4-5-15(20-3)14(16)6-11/h4-6,12-13,19H,7-10H2,1-3H3. The van der Waals surface area contributed by atoms with Crippen LogP contribution in [0.1, 0.15) is 12.0 Å². The second-order valence-corrected chi connectivity index (χ2v) is 5.70. The minimum atomic E-state index is -0.339. The minimum absolute atomic E-state index is 0.264. The number of β-amino-alcohol motifs (C(OH)–C–C–N with tert-alkyl or cyclic N) is 1. The monoisotopic (exact) mass is 282 g/mol. The van der Waals surface area contributed by atoms with Crippen LogP contribution in [0.4, 0.5) is 4.39 Å². The van der Waals surface area contributed by atoms with Gasteiger partial charge in [0.1, 0.15) is 0 Å². The zero-order valence-electron chi connectivity index (χ0n) is 12.3. The van der Waals surface area contributed by atoms with Gasteiger partial charge in [-0.25, -0.2) is 4.39 Å². The number of hydrogen-bond donors (Lipinski definition) is 1. The van der Waals surface area contributed by atoms with Crippen LogP contribution >= 0.6 is 0 Å². The molecule has 0 spiro atoms. The summed E-state index contributed by atoms with van der Waals surface area (Å²) < 4.78 is 18.6. The number of ether oxygens (including phenoxy) is 1. The molecule has 0 aromatic heterocycles. The molecule has 0 radical (unpaired) electrons. The van der Waals surface area contributed by atoms with Gasteiger partial charge in [-0.1, -0.05) is 6.07 Å². The molecular weight excluding hydrogens is 259 g/mol. The third-order valence-electron chi connectivity index (χ3n) is 3.68. The maximum Gasteiger partial charge on any atom is 0.165 e. The molecule has 2 unspecified atom stereocenters. The van der Waals surface area contributed by atoms with E-state index in [0.717, 1.165) is 18.5 Å². The molecule has 2 atom stereocenters. The summed E-state index contributed by atoms with van der Waals surface area (Å²) in [5.74, 6) is -0.0750. The van der Waals surface area contributed by atoms with Crippen molar-refractivity contribution in [1.29, 1.82) is 0 Å². The highest BCUT2D eigenvalue weighted by Gasteiger charge is 2.31. The number of hydrogen-bond acceptors (Lipinski definition) is 4. The Balaban J connectivity index is 2.05. The topological polar surface area (TPSA) is 35.9 Å². The van der Waals surface area contributed by atoms with Crippen molar-refractivity contribution in [3.63, 3.8) is 0 Å². The molecule has 0 saturated carbocycles. The van der Waals surface area contributed by atoms with Crippen molar-refractivity contribution in [3.05, 3.63) is 29.6 Å². The number of rotatable bonds is 5. The normalized spacial score (nSPS) is 23.5. The molecule has 1 aliphatic rings. The van der Waals surface area contributed by atoms with E-state index in [0.29, 0.717) is 19.1 Å². The fraction of sp³-hybridized carbons (Fsp3) is 0.600. The van der Waals surface area contributed by atoms with E-state index in [4.69, 9.17) is 4.74 Å². The highest BCUT2D eigenvalue weighted by Crippen LogP contribution is 2.23. The summed E-state index contributed by atoms with van der Waals surface area (Å²) in [5.41, 5.74) is 0.904. The van der Waals surface area contributed by atoms with Gasteiger partial charge in [-0.2, -0.15) is 0 Å². The first kappa shape index (κ1) is 15.2. The van der Waals surface area contributed by atoms with Gasteiger partial charge in [0.15, 0.2) is 11.6 Å². The van der Waals surface area contributed by atoms with E-state index >= 15 is 0 Å². The molecule has 1 aromatic carbocycles. The lowest BCUT2D eigenvalue weighted by molar-refractivity contribution is 0.169. The van der Waals surface area contributed by atoms with Gasteiger partial charge in [0, 0.05) is 25.7 Å². The average molecular weight is 282 g/mol. The van der Waals surface area contributed by atoms with Crippen LogP contribution in [-0.2, 0) is 6.54 Å². The summed E-state index contributed by atoms with van der Waals surface area (Å²) in [6.45, 7) is 2.19. The van der Waals surface area contributed by atoms with Crippen molar-refractivity contribution in [3.8, 4) is 5.75 Å². The predicted molar refractivity (Wildman–Crippen MR) is 76.3 cm³/mol. The van der Waals surface area contributed by atoms with Crippen molar-refractivity contribution in [2.45, 2.75) is 25.1 Å². The third kappa shape index (κ3) is 3.69. The number of benzene rings is 1. The van der Waals surface area contributed by atoms with Gasteiger partial charge in [-0.3, -0.25) is 4.90 Å². The number of methoxy groups -OCH3 is 1. The largest absolute Gasteiger partial charge is 0.494 e. The number of aliphatic hydroxyl groups is 1. The molecule has 0 aliphatic carbocycles. The van der Waals surface area contributed by atoms with Gasteiger partial charge >= 0.3 is 0 Å². The Kier molecular flexibility index (Phi) is 4.96. The molecule has 5 heteroatoms. The summed E-state index contributed by atoms with van der Waals surface area (Å²) in [6.07, 6.45) is 0.486. The maximum atomic E-state index is 13.7. The van der Waals surface area contributed by atoms with Crippen LogP contribution in [0, 0.1) is 5.82 Å². The number of likely N-dealkylation sites (tertiary alicyclic amines) is 1. The van der Waals surface area contributed by atoms with E-state index < -0.39 is 0 Å². The second-order valence-electron chi connectivity index (χ2n) is 5.70. The van der Waals surface area contributed by atoms with Crippen LogP contribution in [0.15, 0.2) is 18.2 Å². The molecule has 0 amide bonds. The predicted octanol–water partition coefficient (Wildman–Crippen LogP) is 1.33. The molecular formula is C15H23FN2O2. The summed E-state index contributed by atoms with van der Waals surface area (Å²) in [4.78, 5) is 4.33. The minimum Gasteiger partial charge on any atom is -0.494 e. The van der Waals surface area contributed by atoms with E-state index in [9.17, 15) is 9.50 Å². The number of aliphatic hydroxyl groups excluding tert-OH is 1. The molecule has 20 heavy (non-hydrogen) atoms. The highest BCUT2D eigenvalue weighted by molar-refractivity contribution is 5.29. The molecule has 1 heterocycles. The van der Waals surface area contributed by atoms with E-state index in [1.165, 1.54) is 13.2 Å². The molecule has 2 rings (SSSR count). The first-order valence-electron chi connectivity index (χ1n) is 6.89. The van der Waals surface area contributed by atoms with Crippen molar-refractivity contribution in [2.75, 3.05) is 34.3 Å². The first-order chi connectivity index (χ1) is 9.49. The number of nitrogens with zero attached hydrogens (tertiary/aromatic N) is 2. The Bertz CT molecular complexity index is 453. The SMILES string of the molecule is COc1ccc(CN2CC(O)CC2CN(C)C)cc1F. The van der Waals surface area contributed by atoms with Gasteiger partial charge < -0.3 is 14.7 Å². The summed E-state index contributed by atoms with van der Waals surface area (Å²) in [7, 11) is 5.51. The van der Waals surface area contributed by atoms with Gasteiger partial charge in [-0.05, 0) is 38.2 Å². The van der Waals surface area contributed by atoms with Crippen LogP contribution in [0.5, 0.6) is 5.75 Å². The molecule has 1 fully saturated rings. The Morgan fingerprint density at radius 2 is 2.20 bits per heavy atom. The summed E-state index contributed by atoms with van der Waals surface area (Å²) in [6, 6.07) is 5.35. The highest BCUT2D eigenvalue weighted by atomic mass is 19.1. The lowest BCUT2D eigenvalue weighted by Crippen LogP contribution is -2.37. The lowest BCUT2D eigenvalue weighted by atomic mass is 10.1. The van der Waals surface area contributed by atoms with Crippen LogP contribution < -0.4 is 4.74 Å². The Hall–Kier alpha value is -1.17. The van der Waals surface area contributed by atoms with E-state index in [1.807, 2.05) is 20.2 Å². The Morgan fingerprint density at radius 3 is 2.80 bits per heavy atom. The quantitative estimate of drug-likeness (QED) is 0.884. The summed E-state index contributed by atoms with van der Waals surface area (Å²) in [5, 5.41) is 9.84. The van der Waals surface area contributed by atoms with Crippen molar-refractivity contribution in [2.24, 2.45) is 0 Å². The second kappa shape index (κ2) is 6.52. The van der Waals surface area contributed by atoms with Crippen LogP contribution in [-0.4, -0.2) is 61.3 Å². The van der Waals surface area contributed by atoms with Gasteiger partial charge in [0.25, 0.3) is 0 Å². The fourth-order valence-electron chi connectivity index (χ4n) is 2.81. The zero-order valence-corrected chi connectivity index (χ0v) is 12.3. The van der Waals surface area contributed by atoms with E-state index in [2.05, 4.69) is 9.80 Å². The lowest BCUT2D eigenvalue weighted by Gasteiger charge is -2.26. The molecule has 112 valence electrons.